The van der Waals surface area contributed by atoms with Crippen molar-refractivity contribution in [3.8, 4) is 5.75 Å². The zero-order valence-corrected chi connectivity index (χ0v) is 14.5. The van der Waals surface area contributed by atoms with E-state index >= 15 is 0 Å². The molecule has 0 atom stereocenters. The quantitative estimate of drug-likeness (QED) is 0.815. The third kappa shape index (κ3) is 4.83. The molecule has 2 aromatic rings. The maximum absolute atomic E-state index is 12.3. The molecule has 0 bridgehead atoms. The monoisotopic (exact) mass is 339 g/mol. The molecular formula is C21H25NO3. The Hall–Kier alpha value is -2.33. The molecule has 1 aliphatic carbocycles. The molecule has 0 radical (unpaired) electrons. The summed E-state index contributed by atoms with van der Waals surface area (Å²) in [5.74, 6) is 0.707. The Kier molecular flexibility index (Phi) is 6.07. The summed E-state index contributed by atoms with van der Waals surface area (Å²) >= 11 is 0. The van der Waals surface area contributed by atoms with Crippen molar-refractivity contribution in [1.29, 1.82) is 0 Å². The molecule has 2 N–H and O–H groups in total. The van der Waals surface area contributed by atoms with Crippen molar-refractivity contribution in [2.45, 2.75) is 38.6 Å². The molecule has 0 heterocycles. The van der Waals surface area contributed by atoms with Crippen LogP contribution in [0.3, 0.4) is 0 Å². The first kappa shape index (κ1) is 17.5. The van der Waals surface area contributed by atoms with Gasteiger partial charge in [0.1, 0.15) is 12.4 Å². The van der Waals surface area contributed by atoms with Crippen LogP contribution in [0.1, 0.15) is 35.1 Å². The van der Waals surface area contributed by atoms with Crippen LogP contribution in [-0.4, -0.2) is 24.2 Å². The predicted molar refractivity (Wildman–Crippen MR) is 97.7 cm³/mol. The molecule has 1 amide bonds. The van der Waals surface area contributed by atoms with Gasteiger partial charge in [0.15, 0.2) is 0 Å². The zero-order chi connectivity index (χ0) is 17.5. The van der Waals surface area contributed by atoms with Crippen molar-refractivity contribution in [3.63, 3.8) is 0 Å². The van der Waals surface area contributed by atoms with Crippen molar-refractivity contribution in [3.05, 3.63) is 64.7 Å². The molecule has 0 fully saturated rings. The summed E-state index contributed by atoms with van der Waals surface area (Å²) in [5.41, 5.74) is 4.82. The van der Waals surface area contributed by atoms with Crippen LogP contribution in [0.4, 0.5) is 0 Å². The molecule has 2 aromatic carbocycles. The zero-order valence-electron chi connectivity index (χ0n) is 14.5. The lowest BCUT2D eigenvalue weighted by Crippen LogP contribution is -2.25. The van der Waals surface area contributed by atoms with Gasteiger partial charge in [-0.25, -0.2) is 0 Å². The van der Waals surface area contributed by atoms with Gasteiger partial charge in [0, 0.05) is 12.1 Å². The second-order valence-electron chi connectivity index (χ2n) is 6.44. The Morgan fingerprint density at radius 2 is 1.88 bits per heavy atom. The fourth-order valence-corrected chi connectivity index (χ4v) is 3.28. The number of benzene rings is 2. The highest BCUT2D eigenvalue weighted by molar-refractivity contribution is 5.78. The molecule has 0 aliphatic heterocycles. The van der Waals surface area contributed by atoms with Gasteiger partial charge in [-0.05, 0) is 48.4 Å². The van der Waals surface area contributed by atoms with Crippen LogP contribution < -0.4 is 10.1 Å². The molecule has 1 aliphatic rings. The van der Waals surface area contributed by atoms with Crippen molar-refractivity contribution < 1.29 is 14.6 Å². The number of nitrogens with one attached hydrogen (secondary N) is 1. The summed E-state index contributed by atoms with van der Waals surface area (Å²) in [6, 6.07) is 14.0. The molecule has 0 unspecified atom stereocenters. The lowest BCUT2D eigenvalue weighted by atomic mass is 9.90. The van der Waals surface area contributed by atoms with Crippen molar-refractivity contribution in [2.75, 3.05) is 13.2 Å². The standard InChI is InChI=1S/C21H25NO3/c23-11-12-25-20-8-4-3-7-19(20)15-22-21(24)14-16-9-10-17-5-1-2-6-18(17)13-16/h3-4,7-10,13,23H,1-2,5-6,11-12,14-15H2,(H,22,24). The van der Waals surface area contributed by atoms with E-state index in [4.69, 9.17) is 9.84 Å². The first-order valence-electron chi connectivity index (χ1n) is 8.95. The summed E-state index contributed by atoms with van der Waals surface area (Å²) in [6.45, 7) is 0.643. The summed E-state index contributed by atoms with van der Waals surface area (Å²) in [4.78, 5) is 12.3. The lowest BCUT2D eigenvalue weighted by Gasteiger charge is -2.16. The van der Waals surface area contributed by atoms with Gasteiger partial charge in [-0.2, -0.15) is 0 Å². The highest BCUT2D eigenvalue weighted by Gasteiger charge is 2.11. The summed E-state index contributed by atoms with van der Waals surface area (Å²) in [6.07, 6.45) is 5.19. The normalized spacial score (nSPS) is 13.2. The predicted octanol–water partition coefficient (Wildman–Crippen LogP) is 2.80. The van der Waals surface area contributed by atoms with Crippen LogP contribution in [0.5, 0.6) is 5.75 Å². The number of rotatable bonds is 7. The fraction of sp³-hybridized carbons (Fsp3) is 0.381. The van der Waals surface area contributed by atoms with Gasteiger partial charge in [-0.15, -0.1) is 0 Å². The minimum atomic E-state index is -0.0287. The minimum absolute atomic E-state index is 0.00715. The summed E-state index contributed by atoms with van der Waals surface area (Å²) in [7, 11) is 0. The van der Waals surface area contributed by atoms with Crippen LogP contribution in [0.25, 0.3) is 0 Å². The van der Waals surface area contributed by atoms with Gasteiger partial charge >= 0.3 is 0 Å². The Morgan fingerprint density at radius 1 is 1.08 bits per heavy atom. The number of fused-ring (bicyclic) bond motifs is 1. The van der Waals surface area contributed by atoms with E-state index in [0.29, 0.717) is 18.7 Å². The van der Waals surface area contributed by atoms with Gasteiger partial charge in [0.2, 0.25) is 5.91 Å². The van der Waals surface area contributed by atoms with Crippen LogP contribution in [-0.2, 0) is 30.6 Å². The van der Waals surface area contributed by atoms with Gasteiger partial charge < -0.3 is 15.2 Å². The molecular weight excluding hydrogens is 314 g/mol. The highest BCUT2D eigenvalue weighted by atomic mass is 16.5. The number of hydrogen-bond acceptors (Lipinski definition) is 3. The molecule has 132 valence electrons. The molecule has 0 spiro atoms. The summed E-state index contributed by atoms with van der Waals surface area (Å²) < 4.78 is 5.50. The number of hydrogen-bond donors (Lipinski definition) is 2. The third-order valence-electron chi connectivity index (χ3n) is 4.58. The van der Waals surface area contributed by atoms with E-state index in [1.54, 1.807) is 0 Å². The average Bonchev–Trinajstić information content (AvgIpc) is 2.65. The topological polar surface area (TPSA) is 58.6 Å². The summed E-state index contributed by atoms with van der Waals surface area (Å²) in [5, 5.41) is 11.9. The second-order valence-corrected chi connectivity index (χ2v) is 6.44. The lowest BCUT2D eigenvalue weighted by molar-refractivity contribution is -0.120. The van der Waals surface area contributed by atoms with E-state index in [-0.39, 0.29) is 19.1 Å². The van der Waals surface area contributed by atoms with Crippen LogP contribution in [0.15, 0.2) is 42.5 Å². The Morgan fingerprint density at radius 3 is 2.72 bits per heavy atom. The maximum Gasteiger partial charge on any atom is 0.224 e. The average molecular weight is 339 g/mol. The van der Waals surface area contributed by atoms with Crippen LogP contribution in [0, 0.1) is 0 Å². The van der Waals surface area contributed by atoms with Gasteiger partial charge in [-0.1, -0.05) is 36.4 Å². The Balaban J connectivity index is 1.56. The molecule has 4 heteroatoms. The number of carbonyl (C=O) groups is 1. The fourth-order valence-electron chi connectivity index (χ4n) is 3.28. The number of para-hydroxylation sites is 1. The Labute approximate surface area is 148 Å². The first-order chi connectivity index (χ1) is 12.3. The van der Waals surface area contributed by atoms with Gasteiger partial charge in [0.25, 0.3) is 0 Å². The Bertz CT molecular complexity index is 727. The third-order valence-corrected chi connectivity index (χ3v) is 4.58. The molecule has 3 rings (SSSR count). The van der Waals surface area contributed by atoms with E-state index in [1.165, 1.54) is 24.0 Å². The second kappa shape index (κ2) is 8.67. The number of aryl methyl sites for hydroxylation is 2. The van der Waals surface area contributed by atoms with E-state index in [1.807, 2.05) is 24.3 Å². The molecule has 25 heavy (non-hydrogen) atoms. The number of amides is 1. The molecule has 0 saturated carbocycles. The first-order valence-corrected chi connectivity index (χ1v) is 8.95. The molecule has 4 nitrogen and oxygen atoms in total. The van der Waals surface area contributed by atoms with Crippen LogP contribution >= 0.6 is 0 Å². The van der Waals surface area contributed by atoms with E-state index in [2.05, 4.69) is 23.5 Å². The van der Waals surface area contributed by atoms with Gasteiger partial charge in [0.05, 0.1) is 13.0 Å². The minimum Gasteiger partial charge on any atom is -0.491 e. The smallest absolute Gasteiger partial charge is 0.224 e. The highest BCUT2D eigenvalue weighted by Crippen LogP contribution is 2.22. The van der Waals surface area contributed by atoms with E-state index in [0.717, 1.165) is 24.0 Å². The van der Waals surface area contributed by atoms with Crippen molar-refractivity contribution >= 4 is 5.91 Å². The number of aliphatic hydroxyl groups excluding tert-OH is 1. The largest absolute Gasteiger partial charge is 0.491 e. The maximum atomic E-state index is 12.3. The van der Waals surface area contributed by atoms with Crippen molar-refractivity contribution in [1.82, 2.24) is 5.32 Å². The SMILES string of the molecule is O=C(Cc1ccc2c(c1)CCCC2)NCc1ccccc1OCCO. The van der Waals surface area contributed by atoms with Crippen molar-refractivity contribution in [2.24, 2.45) is 0 Å². The molecule has 0 aromatic heterocycles. The number of ether oxygens (including phenoxy) is 1. The van der Waals surface area contributed by atoms with E-state index < -0.39 is 0 Å². The number of carbonyl (C=O) groups excluding carboxylic acids is 1. The number of aliphatic hydroxyl groups is 1. The molecule has 0 saturated heterocycles. The van der Waals surface area contributed by atoms with Gasteiger partial charge in [-0.3, -0.25) is 4.79 Å². The van der Waals surface area contributed by atoms with Crippen LogP contribution in [0.2, 0.25) is 0 Å². The van der Waals surface area contributed by atoms with E-state index in [9.17, 15) is 4.79 Å².